The fourth-order valence-corrected chi connectivity index (χ4v) is 2.86. The first-order valence-corrected chi connectivity index (χ1v) is 6.54. The van der Waals surface area contributed by atoms with Crippen molar-refractivity contribution in [2.24, 2.45) is 5.92 Å². The summed E-state index contributed by atoms with van der Waals surface area (Å²) in [6.07, 6.45) is 5.38. The molecule has 0 aliphatic heterocycles. The predicted octanol–water partition coefficient (Wildman–Crippen LogP) is 2.26. The molecular formula is C14H21NO3. The monoisotopic (exact) mass is 251 g/mol. The molecule has 1 heterocycles. The second kappa shape index (κ2) is 5.14. The van der Waals surface area contributed by atoms with Crippen molar-refractivity contribution >= 4 is 5.91 Å². The molecule has 2 N–H and O–H groups in total. The maximum absolute atomic E-state index is 12.1. The Labute approximate surface area is 107 Å². The second-order valence-electron chi connectivity index (χ2n) is 5.53. The van der Waals surface area contributed by atoms with E-state index in [0.717, 1.165) is 31.2 Å². The van der Waals surface area contributed by atoms with Crippen molar-refractivity contribution in [3.05, 3.63) is 23.7 Å². The zero-order valence-corrected chi connectivity index (χ0v) is 11.0. The average Bonchev–Trinajstić information content (AvgIpc) is 2.75. The van der Waals surface area contributed by atoms with Crippen LogP contribution in [0.2, 0.25) is 0 Å². The molecule has 4 heteroatoms. The smallest absolute Gasteiger partial charge is 0.287 e. The van der Waals surface area contributed by atoms with Crippen molar-refractivity contribution in [3.8, 4) is 0 Å². The number of furan rings is 1. The Morgan fingerprint density at radius 3 is 3.00 bits per heavy atom. The Kier molecular flexibility index (Phi) is 3.76. The van der Waals surface area contributed by atoms with Gasteiger partial charge in [-0.05, 0) is 31.7 Å². The van der Waals surface area contributed by atoms with Crippen LogP contribution in [0.25, 0.3) is 0 Å². The topological polar surface area (TPSA) is 62.5 Å². The van der Waals surface area contributed by atoms with E-state index in [-0.39, 0.29) is 12.5 Å². The number of amides is 1. The third-order valence-corrected chi connectivity index (χ3v) is 3.84. The SMILES string of the molecule is Cc1ccoc1C(=O)NC1(CO)CCCC(C)C1. The van der Waals surface area contributed by atoms with E-state index in [4.69, 9.17) is 4.42 Å². The number of hydrogen-bond acceptors (Lipinski definition) is 3. The maximum Gasteiger partial charge on any atom is 0.287 e. The lowest BCUT2D eigenvalue weighted by Gasteiger charge is -2.39. The molecule has 18 heavy (non-hydrogen) atoms. The fraction of sp³-hybridized carbons (Fsp3) is 0.643. The molecule has 0 saturated heterocycles. The van der Waals surface area contributed by atoms with Crippen LogP contribution in [0.4, 0.5) is 0 Å². The Morgan fingerprint density at radius 1 is 1.67 bits per heavy atom. The lowest BCUT2D eigenvalue weighted by Crippen LogP contribution is -2.53. The molecule has 0 aromatic carbocycles. The minimum absolute atomic E-state index is 0.0111. The van der Waals surface area contributed by atoms with E-state index in [1.807, 2.05) is 6.92 Å². The van der Waals surface area contributed by atoms with Gasteiger partial charge in [0.25, 0.3) is 5.91 Å². The number of aryl methyl sites for hydroxylation is 1. The van der Waals surface area contributed by atoms with Gasteiger partial charge in [-0.2, -0.15) is 0 Å². The zero-order chi connectivity index (χ0) is 13.2. The van der Waals surface area contributed by atoms with Gasteiger partial charge in [-0.15, -0.1) is 0 Å². The molecule has 4 nitrogen and oxygen atoms in total. The van der Waals surface area contributed by atoms with Crippen LogP contribution in [0.3, 0.4) is 0 Å². The van der Waals surface area contributed by atoms with Gasteiger partial charge >= 0.3 is 0 Å². The Hall–Kier alpha value is -1.29. The first-order valence-electron chi connectivity index (χ1n) is 6.54. The van der Waals surface area contributed by atoms with Crippen LogP contribution in [0.15, 0.2) is 16.7 Å². The minimum atomic E-state index is -0.478. The number of carbonyl (C=O) groups is 1. The van der Waals surface area contributed by atoms with Gasteiger partial charge in [0, 0.05) is 5.56 Å². The van der Waals surface area contributed by atoms with Gasteiger partial charge in [0.1, 0.15) is 0 Å². The van der Waals surface area contributed by atoms with Gasteiger partial charge in [-0.1, -0.05) is 19.8 Å². The summed E-state index contributed by atoms with van der Waals surface area (Å²) in [5.74, 6) is 0.658. The van der Waals surface area contributed by atoms with Gasteiger partial charge in [0.05, 0.1) is 18.4 Å². The molecule has 0 spiro atoms. The van der Waals surface area contributed by atoms with Crippen LogP contribution < -0.4 is 5.32 Å². The van der Waals surface area contributed by atoms with Gasteiger partial charge in [-0.25, -0.2) is 0 Å². The Morgan fingerprint density at radius 2 is 2.44 bits per heavy atom. The third kappa shape index (κ3) is 2.58. The first kappa shape index (κ1) is 13.1. The molecule has 2 atom stereocenters. The first-order chi connectivity index (χ1) is 8.56. The van der Waals surface area contributed by atoms with E-state index in [0.29, 0.717) is 11.7 Å². The number of rotatable bonds is 3. The number of carbonyl (C=O) groups excluding carboxylic acids is 1. The fourth-order valence-electron chi connectivity index (χ4n) is 2.86. The molecule has 1 aliphatic rings. The van der Waals surface area contributed by atoms with E-state index in [9.17, 15) is 9.90 Å². The van der Waals surface area contributed by atoms with Crippen LogP contribution >= 0.6 is 0 Å². The molecule has 1 saturated carbocycles. The molecule has 0 radical (unpaired) electrons. The largest absolute Gasteiger partial charge is 0.459 e. The molecule has 1 aromatic heterocycles. The minimum Gasteiger partial charge on any atom is -0.459 e. The quantitative estimate of drug-likeness (QED) is 0.866. The second-order valence-corrected chi connectivity index (χ2v) is 5.53. The Balaban J connectivity index is 2.11. The van der Waals surface area contributed by atoms with E-state index in [1.165, 1.54) is 6.26 Å². The maximum atomic E-state index is 12.1. The third-order valence-electron chi connectivity index (χ3n) is 3.84. The van der Waals surface area contributed by atoms with Gasteiger partial charge in [0.15, 0.2) is 5.76 Å². The predicted molar refractivity (Wildman–Crippen MR) is 68.4 cm³/mol. The summed E-state index contributed by atoms with van der Waals surface area (Å²) in [4.78, 5) is 12.1. The lowest BCUT2D eigenvalue weighted by atomic mass is 9.77. The normalized spacial score (nSPS) is 28.1. The summed E-state index contributed by atoms with van der Waals surface area (Å²) in [5, 5.41) is 12.6. The van der Waals surface area contributed by atoms with Gasteiger partial charge < -0.3 is 14.8 Å². The van der Waals surface area contributed by atoms with E-state index < -0.39 is 5.54 Å². The highest BCUT2D eigenvalue weighted by atomic mass is 16.3. The number of nitrogens with one attached hydrogen (secondary N) is 1. The molecule has 1 amide bonds. The van der Waals surface area contributed by atoms with Crippen molar-refractivity contribution in [3.63, 3.8) is 0 Å². The van der Waals surface area contributed by atoms with Crippen molar-refractivity contribution in [1.29, 1.82) is 0 Å². The number of hydrogen-bond donors (Lipinski definition) is 2. The average molecular weight is 251 g/mol. The van der Waals surface area contributed by atoms with Crippen LogP contribution in [0, 0.1) is 12.8 Å². The van der Waals surface area contributed by atoms with Gasteiger partial charge in [0.2, 0.25) is 0 Å². The molecule has 100 valence electrons. The molecule has 1 fully saturated rings. The molecule has 1 aliphatic carbocycles. The van der Waals surface area contributed by atoms with Crippen molar-refractivity contribution in [2.75, 3.05) is 6.61 Å². The number of aliphatic hydroxyl groups is 1. The van der Waals surface area contributed by atoms with E-state index in [2.05, 4.69) is 12.2 Å². The van der Waals surface area contributed by atoms with E-state index in [1.54, 1.807) is 6.07 Å². The zero-order valence-electron chi connectivity index (χ0n) is 11.0. The van der Waals surface area contributed by atoms with Crippen molar-refractivity contribution in [2.45, 2.75) is 45.1 Å². The van der Waals surface area contributed by atoms with Crippen LogP contribution in [-0.2, 0) is 0 Å². The summed E-state index contributed by atoms with van der Waals surface area (Å²) < 4.78 is 5.19. The Bertz CT molecular complexity index is 426. The highest BCUT2D eigenvalue weighted by Gasteiger charge is 2.36. The van der Waals surface area contributed by atoms with Crippen LogP contribution in [0.1, 0.15) is 48.7 Å². The molecule has 2 rings (SSSR count). The highest BCUT2D eigenvalue weighted by Crippen LogP contribution is 2.32. The molecule has 2 unspecified atom stereocenters. The standard InChI is InChI=1S/C14H21NO3/c1-10-4-3-6-14(8-10,9-16)15-13(17)12-11(2)5-7-18-12/h5,7,10,16H,3-4,6,8-9H2,1-2H3,(H,15,17). The van der Waals surface area contributed by atoms with Crippen molar-refractivity contribution in [1.82, 2.24) is 5.32 Å². The van der Waals surface area contributed by atoms with Crippen LogP contribution in [0.5, 0.6) is 0 Å². The van der Waals surface area contributed by atoms with Gasteiger partial charge in [-0.3, -0.25) is 4.79 Å². The molecule has 1 aromatic rings. The summed E-state index contributed by atoms with van der Waals surface area (Å²) >= 11 is 0. The summed E-state index contributed by atoms with van der Waals surface area (Å²) in [6.45, 7) is 3.99. The highest BCUT2D eigenvalue weighted by molar-refractivity contribution is 5.93. The van der Waals surface area contributed by atoms with Crippen molar-refractivity contribution < 1.29 is 14.3 Å². The lowest BCUT2D eigenvalue weighted by molar-refractivity contribution is 0.0673. The summed E-state index contributed by atoms with van der Waals surface area (Å²) in [6, 6.07) is 1.77. The van der Waals surface area contributed by atoms with E-state index >= 15 is 0 Å². The molecular weight excluding hydrogens is 230 g/mol. The number of aliphatic hydroxyl groups excluding tert-OH is 1. The summed E-state index contributed by atoms with van der Waals surface area (Å²) in [7, 11) is 0. The summed E-state index contributed by atoms with van der Waals surface area (Å²) in [5.41, 5.74) is 0.345. The van der Waals surface area contributed by atoms with Crippen LogP contribution in [-0.4, -0.2) is 23.2 Å². The molecule has 0 bridgehead atoms.